The molecule has 71 heavy (non-hydrogen) atoms. The fourth-order valence-electron chi connectivity index (χ4n) is 12.8. The van der Waals surface area contributed by atoms with E-state index in [4.69, 9.17) is 9.15 Å². The van der Waals surface area contributed by atoms with Crippen LogP contribution in [0.25, 0.3) is 76.5 Å². The second kappa shape index (κ2) is 14.4. The number of fused-ring (bicyclic) bond motifs is 6. The van der Waals surface area contributed by atoms with Crippen LogP contribution in [0, 0.1) is 0 Å². The van der Waals surface area contributed by atoms with Crippen molar-refractivity contribution >= 4 is 117 Å². The summed E-state index contributed by atoms with van der Waals surface area (Å²) < 4.78 is 14.0. The first-order valence-electron chi connectivity index (χ1n) is 24.4. The Morgan fingerprint density at radius 3 is 1.46 bits per heavy atom. The molecule has 13 aromatic rings. The summed E-state index contributed by atoms with van der Waals surface area (Å²) >= 11 is 0. The van der Waals surface area contributed by atoms with Gasteiger partial charge in [-0.25, -0.2) is 0 Å². The van der Waals surface area contributed by atoms with Crippen LogP contribution in [-0.4, -0.2) is 8.07 Å². The molecule has 330 valence electrons. The van der Waals surface area contributed by atoms with Crippen LogP contribution in [0.2, 0.25) is 0 Å². The number of anilines is 6. The third kappa shape index (κ3) is 5.22. The van der Waals surface area contributed by atoms with Crippen molar-refractivity contribution in [3.63, 3.8) is 0 Å². The Morgan fingerprint density at radius 2 is 0.817 bits per heavy atom. The number of furan rings is 1. The average Bonchev–Trinajstić information content (AvgIpc) is 3.79. The minimum Gasteiger partial charge on any atom is -0.457 e. The van der Waals surface area contributed by atoms with Crippen molar-refractivity contribution in [2.45, 2.75) is 0 Å². The van der Waals surface area contributed by atoms with Gasteiger partial charge < -0.3 is 19.0 Å². The minimum absolute atomic E-state index is 0.889. The van der Waals surface area contributed by atoms with E-state index in [1.165, 1.54) is 81.3 Å². The lowest BCUT2D eigenvalue weighted by Crippen LogP contribution is -2.80. The molecular formula is C66H40N2O2Si. The third-order valence-electron chi connectivity index (χ3n) is 15.5. The van der Waals surface area contributed by atoms with Crippen LogP contribution in [-0.2, 0) is 0 Å². The average molecular weight is 921 g/mol. The lowest BCUT2D eigenvalue weighted by atomic mass is 9.85. The lowest BCUT2D eigenvalue weighted by molar-refractivity contribution is 0.487. The van der Waals surface area contributed by atoms with Crippen molar-refractivity contribution in [1.29, 1.82) is 0 Å². The Labute approximate surface area is 410 Å². The van der Waals surface area contributed by atoms with Crippen molar-refractivity contribution in [3.05, 3.63) is 243 Å². The SMILES string of the molecule is c1ccc(N2c3cccc4c3[Si]3(c5ccccc5)c5c(cc(-c6c7ccccc7c(-c7ccc8oc9cc%10ccccc%10cc9c8c7)c7ccccc67)cc5N(c5ccccc5)c5cccc2c53)O4)cc1. The standard InChI is InChI=1S/C66H40N2O2Si/c1-4-20-45(21-5-1)67-54-30-16-31-55-64(54)71(47-24-8-3-9-25-47)65-56(67)32-17-33-59(65)70-61-40-44(38-57(66(61)71)68(55)46-22-6-2-7-23-46)63-50-28-14-12-26-48(50)62(49-27-13-15-29-51(49)63)43-34-35-58-52(37-43)53-36-41-18-10-11-19-42(41)39-60(53)69-58/h1-40H. The van der Waals surface area contributed by atoms with Gasteiger partial charge in [0.2, 0.25) is 0 Å². The van der Waals surface area contributed by atoms with Gasteiger partial charge in [-0.15, -0.1) is 0 Å². The molecule has 0 amide bonds. The molecule has 0 fully saturated rings. The van der Waals surface area contributed by atoms with Gasteiger partial charge in [0.1, 0.15) is 22.7 Å². The predicted molar refractivity (Wildman–Crippen MR) is 297 cm³/mol. The highest BCUT2D eigenvalue weighted by Gasteiger charge is 2.59. The maximum absolute atomic E-state index is 7.51. The van der Waals surface area contributed by atoms with Crippen LogP contribution in [0.3, 0.4) is 0 Å². The fourth-order valence-corrected chi connectivity index (χ4v) is 18.4. The van der Waals surface area contributed by atoms with E-state index >= 15 is 0 Å². The van der Waals surface area contributed by atoms with Crippen LogP contribution in [0.1, 0.15) is 0 Å². The van der Waals surface area contributed by atoms with Crippen LogP contribution in [0.4, 0.5) is 34.1 Å². The van der Waals surface area contributed by atoms with Crippen LogP contribution >= 0.6 is 0 Å². The Kier molecular flexibility index (Phi) is 7.88. The molecule has 16 rings (SSSR count). The molecule has 0 spiro atoms. The molecule has 3 aliphatic heterocycles. The number of benzene rings is 12. The molecule has 1 aromatic heterocycles. The monoisotopic (exact) mass is 920 g/mol. The Hall–Kier alpha value is -9.16. The Bertz CT molecular complexity index is 4340. The van der Waals surface area contributed by atoms with Gasteiger partial charge in [-0.2, -0.15) is 0 Å². The van der Waals surface area contributed by atoms with E-state index in [2.05, 4.69) is 252 Å². The molecule has 1 unspecified atom stereocenters. The van der Waals surface area contributed by atoms with Gasteiger partial charge in [0.05, 0.1) is 11.4 Å². The quantitative estimate of drug-likeness (QED) is 0.127. The smallest absolute Gasteiger partial charge is 0.198 e. The zero-order valence-corrected chi connectivity index (χ0v) is 39.3. The molecule has 0 bridgehead atoms. The van der Waals surface area contributed by atoms with E-state index in [9.17, 15) is 0 Å². The van der Waals surface area contributed by atoms with Gasteiger partial charge in [-0.3, -0.25) is 0 Å². The van der Waals surface area contributed by atoms with E-state index in [0.29, 0.717) is 0 Å². The molecule has 0 radical (unpaired) electrons. The van der Waals surface area contributed by atoms with Gasteiger partial charge >= 0.3 is 0 Å². The molecule has 3 aliphatic rings. The lowest BCUT2D eigenvalue weighted by Gasteiger charge is -2.53. The topological polar surface area (TPSA) is 28.9 Å². The Morgan fingerprint density at radius 1 is 0.310 bits per heavy atom. The normalized spacial score (nSPS) is 15.2. The number of rotatable bonds is 5. The van der Waals surface area contributed by atoms with Crippen LogP contribution < -0.4 is 35.3 Å². The molecule has 1 atom stereocenters. The minimum atomic E-state index is -3.13. The zero-order chi connectivity index (χ0) is 46.4. The van der Waals surface area contributed by atoms with E-state index in [1.807, 2.05) is 0 Å². The van der Waals surface area contributed by atoms with E-state index in [-0.39, 0.29) is 0 Å². The second-order valence-electron chi connectivity index (χ2n) is 19.1. The first-order valence-corrected chi connectivity index (χ1v) is 26.4. The summed E-state index contributed by atoms with van der Waals surface area (Å²) in [7, 11) is -3.13. The van der Waals surface area contributed by atoms with Crippen molar-refractivity contribution in [1.82, 2.24) is 0 Å². The highest BCUT2D eigenvalue weighted by Crippen LogP contribution is 2.53. The number of hydrogen-bond acceptors (Lipinski definition) is 4. The summed E-state index contributed by atoms with van der Waals surface area (Å²) in [4.78, 5) is 4.99. The number of nitrogens with zero attached hydrogens (tertiary/aromatic N) is 2. The summed E-state index contributed by atoms with van der Waals surface area (Å²) in [5.74, 6) is 1.83. The molecular weight excluding hydrogens is 881 g/mol. The second-order valence-corrected chi connectivity index (χ2v) is 22.7. The van der Waals surface area contributed by atoms with Gasteiger partial charge in [-0.05, 0) is 145 Å². The molecule has 4 heterocycles. The van der Waals surface area contributed by atoms with E-state index in [1.54, 1.807) is 0 Å². The predicted octanol–water partition coefficient (Wildman–Crippen LogP) is 15.4. The molecule has 0 saturated carbocycles. The van der Waals surface area contributed by atoms with Gasteiger partial charge in [0.15, 0.2) is 8.07 Å². The molecule has 5 heteroatoms. The molecule has 0 aliphatic carbocycles. The Balaban J connectivity index is 1.00. The molecule has 0 saturated heterocycles. The maximum atomic E-state index is 7.51. The first kappa shape index (κ1) is 38.8. The summed E-state index contributed by atoms with van der Waals surface area (Å²) in [6.07, 6.45) is 0. The van der Waals surface area contributed by atoms with Gasteiger partial charge in [0.25, 0.3) is 0 Å². The van der Waals surface area contributed by atoms with E-state index < -0.39 is 8.07 Å². The van der Waals surface area contributed by atoms with Gasteiger partial charge in [0, 0.05) is 49.1 Å². The first-order chi connectivity index (χ1) is 35.2. The van der Waals surface area contributed by atoms with Crippen molar-refractivity contribution in [3.8, 4) is 33.8 Å². The molecule has 4 nitrogen and oxygen atoms in total. The number of ether oxygens (including phenoxy) is 1. The summed E-state index contributed by atoms with van der Waals surface area (Å²) in [6.45, 7) is 0. The molecule has 0 N–H and O–H groups in total. The fraction of sp³-hybridized carbons (Fsp3) is 0. The van der Waals surface area contributed by atoms with Crippen molar-refractivity contribution < 1.29 is 9.15 Å². The van der Waals surface area contributed by atoms with Gasteiger partial charge in [-0.1, -0.05) is 158 Å². The highest BCUT2D eigenvalue weighted by molar-refractivity contribution is 7.24. The van der Waals surface area contributed by atoms with E-state index in [0.717, 1.165) is 61.6 Å². The number of hydrogen-bond donors (Lipinski definition) is 0. The third-order valence-corrected chi connectivity index (χ3v) is 20.5. The highest BCUT2D eigenvalue weighted by atomic mass is 28.3. The molecule has 12 aromatic carbocycles. The maximum Gasteiger partial charge on any atom is 0.198 e. The van der Waals surface area contributed by atoms with Crippen LogP contribution in [0.15, 0.2) is 247 Å². The van der Waals surface area contributed by atoms with Crippen molar-refractivity contribution in [2.75, 3.05) is 9.80 Å². The largest absolute Gasteiger partial charge is 0.457 e. The summed E-state index contributed by atoms with van der Waals surface area (Å²) in [5.41, 5.74) is 13.4. The summed E-state index contributed by atoms with van der Waals surface area (Å²) in [5, 5.41) is 14.7. The summed E-state index contributed by atoms with van der Waals surface area (Å²) in [6, 6.07) is 89.2. The number of para-hydroxylation sites is 2. The van der Waals surface area contributed by atoms with Crippen molar-refractivity contribution in [2.24, 2.45) is 0 Å². The van der Waals surface area contributed by atoms with Crippen LogP contribution in [0.5, 0.6) is 11.5 Å². The zero-order valence-electron chi connectivity index (χ0n) is 38.3.